The minimum atomic E-state index is -0.353. The van der Waals surface area contributed by atoms with E-state index in [-0.39, 0.29) is 12.1 Å². The van der Waals surface area contributed by atoms with Crippen LogP contribution in [0.2, 0.25) is 0 Å². The van der Waals surface area contributed by atoms with Crippen molar-refractivity contribution in [2.75, 3.05) is 6.67 Å². The van der Waals surface area contributed by atoms with Crippen molar-refractivity contribution in [3.63, 3.8) is 0 Å². The summed E-state index contributed by atoms with van der Waals surface area (Å²) in [6, 6.07) is 7.51. The summed E-state index contributed by atoms with van der Waals surface area (Å²) in [7, 11) is 0. The lowest BCUT2D eigenvalue weighted by atomic mass is 9.69. The van der Waals surface area contributed by atoms with Crippen molar-refractivity contribution in [3.8, 4) is 0 Å². The normalized spacial score (nSPS) is 16.1. The Morgan fingerprint density at radius 3 is 2.21 bits per heavy atom. The van der Waals surface area contributed by atoms with Gasteiger partial charge in [0.15, 0.2) is 0 Å². The molecular weight excluding hydrogens is 235 g/mol. The van der Waals surface area contributed by atoms with Crippen LogP contribution in [0.4, 0.5) is 4.39 Å². The molecule has 0 amide bonds. The minimum absolute atomic E-state index is 0.280. The van der Waals surface area contributed by atoms with E-state index < -0.39 is 0 Å². The Kier molecular flexibility index (Phi) is 6.03. The monoisotopic (exact) mass is 263 g/mol. The molecule has 0 aliphatic carbocycles. The van der Waals surface area contributed by atoms with Gasteiger partial charge in [0.1, 0.15) is 0 Å². The van der Waals surface area contributed by atoms with Gasteiger partial charge in [0.2, 0.25) is 0 Å². The molecule has 0 aliphatic heterocycles. The Morgan fingerprint density at radius 2 is 1.79 bits per heavy atom. The van der Waals surface area contributed by atoms with Crippen molar-refractivity contribution in [2.24, 2.45) is 5.92 Å². The zero-order chi connectivity index (χ0) is 14.5. The molecule has 1 heteroatoms. The quantitative estimate of drug-likeness (QED) is 0.605. The summed E-state index contributed by atoms with van der Waals surface area (Å²) in [5.74, 6) is 0.415. The molecule has 0 spiro atoms. The van der Waals surface area contributed by atoms with Crippen molar-refractivity contribution in [1.82, 2.24) is 0 Å². The van der Waals surface area contributed by atoms with E-state index in [4.69, 9.17) is 0 Å². The maximum Gasteiger partial charge on any atom is 0.0990 e. The highest BCUT2D eigenvalue weighted by molar-refractivity contribution is 5.33. The van der Waals surface area contributed by atoms with Crippen LogP contribution in [0.5, 0.6) is 0 Å². The van der Waals surface area contributed by atoms with Gasteiger partial charge < -0.3 is 0 Å². The van der Waals surface area contributed by atoms with Crippen LogP contribution in [0, 0.1) is 25.8 Å². The second kappa shape index (κ2) is 7.07. The number of halogens is 1. The van der Waals surface area contributed by atoms with Gasteiger partial charge in [-0.3, -0.25) is 4.39 Å². The summed E-state index contributed by atoms with van der Waals surface area (Å²) in [4.78, 5) is 0. The molecule has 19 heavy (non-hydrogen) atoms. The van der Waals surface area contributed by atoms with Gasteiger partial charge in [-0.05, 0) is 48.9 Å². The molecular formula is C18H28F. The van der Waals surface area contributed by atoms with E-state index in [1.54, 1.807) is 0 Å². The summed E-state index contributed by atoms with van der Waals surface area (Å²) in [5.41, 5.74) is 3.01. The predicted octanol–water partition coefficient (Wildman–Crippen LogP) is 5.55. The number of unbranched alkanes of at least 4 members (excludes halogenated alkanes) is 1. The van der Waals surface area contributed by atoms with Gasteiger partial charge in [-0.25, -0.2) is 0 Å². The average molecular weight is 263 g/mol. The highest BCUT2D eigenvalue weighted by Gasteiger charge is 2.34. The van der Waals surface area contributed by atoms with Gasteiger partial charge in [0.05, 0.1) is 6.67 Å². The number of aryl methyl sites for hydroxylation is 2. The third kappa shape index (κ3) is 3.81. The van der Waals surface area contributed by atoms with Gasteiger partial charge in [-0.2, -0.15) is 0 Å². The Hall–Kier alpha value is -0.850. The molecule has 1 radical (unpaired) electrons. The average Bonchev–Trinajstić information content (AvgIpc) is 2.38. The van der Waals surface area contributed by atoms with E-state index in [1.807, 2.05) is 13.8 Å². The highest BCUT2D eigenvalue weighted by atomic mass is 19.1. The fraction of sp³-hybridized carbons (Fsp3) is 0.667. The van der Waals surface area contributed by atoms with Crippen molar-refractivity contribution in [2.45, 2.75) is 65.7 Å². The predicted molar refractivity (Wildman–Crippen MR) is 81.4 cm³/mol. The molecule has 0 aliphatic rings. The van der Waals surface area contributed by atoms with Crippen LogP contribution in [0.25, 0.3) is 0 Å². The Labute approximate surface area is 118 Å². The van der Waals surface area contributed by atoms with E-state index in [0.717, 1.165) is 29.5 Å². The molecule has 1 aromatic carbocycles. The van der Waals surface area contributed by atoms with Gasteiger partial charge in [-0.15, -0.1) is 0 Å². The summed E-state index contributed by atoms with van der Waals surface area (Å²) in [6.45, 7) is 10.3. The lowest BCUT2D eigenvalue weighted by Crippen LogP contribution is -2.34. The fourth-order valence-electron chi connectivity index (χ4n) is 3.07. The number of benzene rings is 1. The molecule has 0 nitrogen and oxygen atoms in total. The Morgan fingerprint density at radius 1 is 1.21 bits per heavy atom. The summed E-state index contributed by atoms with van der Waals surface area (Å²) >= 11 is 0. The Balaban J connectivity index is 3.12. The van der Waals surface area contributed by atoms with Crippen LogP contribution < -0.4 is 0 Å². The molecule has 2 atom stereocenters. The molecule has 0 aromatic heterocycles. The van der Waals surface area contributed by atoms with Gasteiger partial charge in [-0.1, -0.05) is 52.2 Å². The van der Waals surface area contributed by atoms with Crippen LogP contribution in [0.15, 0.2) is 12.1 Å². The van der Waals surface area contributed by atoms with Crippen LogP contribution >= 0.6 is 0 Å². The third-order valence-corrected chi connectivity index (χ3v) is 4.38. The van der Waals surface area contributed by atoms with Gasteiger partial charge in [0.25, 0.3) is 0 Å². The zero-order valence-corrected chi connectivity index (χ0v) is 13.1. The van der Waals surface area contributed by atoms with Crippen LogP contribution in [0.3, 0.4) is 0 Å². The second-order valence-corrected chi connectivity index (χ2v) is 6.03. The van der Waals surface area contributed by atoms with Crippen LogP contribution in [-0.2, 0) is 5.41 Å². The van der Waals surface area contributed by atoms with Gasteiger partial charge >= 0.3 is 0 Å². The molecule has 0 saturated carbocycles. The molecule has 107 valence electrons. The van der Waals surface area contributed by atoms with Crippen molar-refractivity contribution in [1.29, 1.82) is 0 Å². The van der Waals surface area contributed by atoms with Crippen molar-refractivity contribution < 1.29 is 4.39 Å². The highest BCUT2D eigenvalue weighted by Crippen LogP contribution is 2.38. The summed E-state index contributed by atoms with van der Waals surface area (Å²) in [5, 5.41) is 0. The largest absolute Gasteiger partial charge is 0.250 e. The molecule has 0 heterocycles. The van der Waals surface area contributed by atoms with Crippen molar-refractivity contribution in [3.05, 3.63) is 34.9 Å². The molecule has 0 N–H and O–H groups in total. The SMILES string of the molecule is CCCCC(CC)C(C)(CF)c1cc(C)[c]c(C)c1. The van der Waals surface area contributed by atoms with Crippen molar-refractivity contribution >= 4 is 0 Å². The van der Waals surface area contributed by atoms with E-state index in [2.05, 4.69) is 39.0 Å². The van der Waals surface area contributed by atoms with E-state index in [9.17, 15) is 4.39 Å². The lowest BCUT2D eigenvalue weighted by molar-refractivity contribution is 0.204. The smallest absolute Gasteiger partial charge is 0.0990 e. The Bertz CT molecular complexity index is 376. The molecule has 1 rings (SSSR count). The van der Waals surface area contributed by atoms with E-state index >= 15 is 0 Å². The van der Waals surface area contributed by atoms with Crippen LogP contribution in [0.1, 0.15) is 63.1 Å². The maximum atomic E-state index is 13.8. The fourth-order valence-corrected chi connectivity index (χ4v) is 3.07. The number of hydrogen-bond acceptors (Lipinski definition) is 0. The molecule has 0 bridgehead atoms. The van der Waals surface area contributed by atoms with E-state index in [1.165, 1.54) is 12.8 Å². The molecule has 1 aromatic rings. The molecule has 2 unspecified atom stereocenters. The lowest BCUT2D eigenvalue weighted by Gasteiger charge is -2.36. The number of alkyl halides is 1. The summed E-state index contributed by atoms with van der Waals surface area (Å²) < 4.78 is 13.8. The first kappa shape index (κ1) is 16.2. The number of hydrogen-bond donors (Lipinski definition) is 0. The van der Waals surface area contributed by atoms with Gasteiger partial charge in [0, 0.05) is 5.41 Å². The third-order valence-electron chi connectivity index (χ3n) is 4.38. The standard InChI is InChI=1S/C18H28F/c1-6-8-9-16(7-2)18(5,13-19)17-11-14(3)10-15(4)12-17/h11-12,16H,6-9,13H2,1-5H3. The molecule has 0 saturated heterocycles. The second-order valence-electron chi connectivity index (χ2n) is 6.03. The zero-order valence-electron chi connectivity index (χ0n) is 13.1. The summed E-state index contributed by atoms with van der Waals surface area (Å²) in [6.07, 6.45) is 4.52. The first-order valence-electron chi connectivity index (χ1n) is 7.54. The maximum absolute atomic E-state index is 13.8. The minimum Gasteiger partial charge on any atom is -0.250 e. The van der Waals surface area contributed by atoms with E-state index in [0.29, 0.717) is 5.92 Å². The first-order chi connectivity index (χ1) is 8.97. The topological polar surface area (TPSA) is 0 Å². The number of rotatable bonds is 7. The first-order valence-corrected chi connectivity index (χ1v) is 7.54. The van der Waals surface area contributed by atoms with Crippen LogP contribution in [-0.4, -0.2) is 6.67 Å². The molecule has 0 fully saturated rings.